The van der Waals surface area contributed by atoms with Crippen molar-refractivity contribution in [1.82, 2.24) is 19.4 Å². The number of nitrogens with one attached hydrogen (secondary N) is 2. The number of thioether (sulfide) groups is 1. The maximum atomic E-state index is 8.40. The number of hydrogen-bond acceptors (Lipinski definition) is 5. The molecule has 2 N–H and O–H groups in total. The fraction of sp³-hybridized carbons (Fsp3) is 0.389. The first-order chi connectivity index (χ1) is 12.5. The quantitative estimate of drug-likeness (QED) is 0.612. The standard InChI is InChI=1S/C18H21ClN6S/c1-23-7-12-9-25(10-13(12)8-23)18(21)26-17(20)15-3-2-14(6-16(15)19)24-5-4-22-11-24/h2-6,11-13,20-21H,7-10H2,1H3. The van der Waals surface area contributed by atoms with E-state index in [0.29, 0.717) is 32.6 Å². The lowest BCUT2D eigenvalue weighted by Crippen LogP contribution is -2.30. The van der Waals surface area contributed by atoms with Gasteiger partial charge in [-0.15, -0.1) is 0 Å². The van der Waals surface area contributed by atoms with Crippen molar-refractivity contribution in [1.29, 1.82) is 10.8 Å². The fourth-order valence-electron chi connectivity index (χ4n) is 3.87. The molecule has 4 rings (SSSR count). The molecule has 2 aromatic rings. The summed E-state index contributed by atoms with van der Waals surface area (Å²) in [4.78, 5) is 8.51. The number of hydrogen-bond donors (Lipinski definition) is 2. The Morgan fingerprint density at radius 3 is 2.54 bits per heavy atom. The van der Waals surface area contributed by atoms with Gasteiger partial charge in [-0.2, -0.15) is 0 Å². The van der Waals surface area contributed by atoms with Gasteiger partial charge in [-0.25, -0.2) is 4.98 Å². The summed E-state index contributed by atoms with van der Waals surface area (Å²) < 4.78 is 1.87. The Morgan fingerprint density at radius 1 is 1.19 bits per heavy atom. The van der Waals surface area contributed by atoms with E-state index in [1.54, 1.807) is 12.5 Å². The fourth-order valence-corrected chi connectivity index (χ4v) is 4.96. The molecule has 0 spiro atoms. The molecule has 0 aliphatic carbocycles. The highest BCUT2D eigenvalue weighted by Gasteiger charge is 2.39. The highest BCUT2D eigenvalue weighted by molar-refractivity contribution is 8.26. The second kappa shape index (κ2) is 7.06. The zero-order chi connectivity index (χ0) is 18.3. The molecule has 2 unspecified atom stereocenters. The summed E-state index contributed by atoms with van der Waals surface area (Å²) in [6, 6.07) is 5.58. The Hall–Kier alpha value is -1.83. The summed E-state index contributed by atoms with van der Waals surface area (Å²) in [5.74, 6) is 1.29. The molecule has 3 heterocycles. The van der Waals surface area contributed by atoms with Crippen molar-refractivity contribution < 1.29 is 0 Å². The maximum Gasteiger partial charge on any atom is 0.162 e. The summed E-state index contributed by atoms with van der Waals surface area (Å²) in [5.41, 5.74) is 1.56. The molecule has 0 radical (unpaired) electrons. The summed E-state index contributed by atoms with van der Waals surface area (Å²) in [6.45, 7) is 4.05. The van der Waals surface area contributed by atoms with E-state index in [0.717, 1.165) is 31.9 Å². The molecule has 2 atom stereocenters. The van der Waals surface area contributed by atoms with Gasteiger partial charge >= 0.3 is 0 Å². The second-order valence-electron chi connectivity index (χ2n) is 7.02. The number of halogens is 1. The molecule has 2 aliphatic rings. The molecule has 136 valence electrons. The Balaban J connectivity index is 1.41. The van der Waals surface area contributed by atoms with Crippen molar-refractivity contribution in [3.05, 3.63) is 47.5 Å². The number of imidazole rings is 1. The monoisotopic (exact) mass is 388 g/mol. The lowest BCUT2D eigenvalue weighted by Gasteiger charge is -2.21. The van der Waals surface area contributed by atoms with Crippen LogP contribution in [0.15, 0.2) is 36.9 Å². The van der Waals surface area contributed by atoms with Gasteiger partial charge in [-0.3, -0.25) is 10.8 Å². The smallest absolute Gasteiger partial charge is 0.162 e. The first kappa shape index (κ1) is 17.6. The summed E-state index contributed by atoms with van der Waals surface area (Å²) in [5, 5.41) is 18.1. The topological polar surface area (TPSA) is 72.0 Å². The van der Waals surface area contributed by atoms with Crippen molar-refractivity contribution in [3.63, 3.8) is 0 Å². The Bertz CT molecular complexity index is 822. The average Bonchev–Trinajstić information content (AvgIpc) is 3.30. The van der Waals surface area contributed by atoms with Crippen LogP contribution in [0.25, 0.3) is 5.69 Å². The molecule has 2 saturated heterocycles. The van der Waals surface area contributed by atoms with E-state index in [-0.39, 0.29) is 0 Å². The van der Waals surface area contributed by atoms with Crippen LogP contribution in [0, 0.1) is 22.7 Å². The normalized spacial score (nSPS) is 22.6. The third kappa shape index (κ3) is 3.39. The van der Waals surface area contributed by atoms with Crippen LogP contribution in [-0.2, 0) is 0 Å². The Kier molecular flexibility index (Phi) is 4.77. The van der Waals surface area contributed by atoms with Gasteiger partial charge in [0.05, 0.1) is 11.3 Å². The molecule has 2 fully saturated rings. The third-order valence-electron chi connectivity index (χ3n) is 5.15. The maximum absolute atomic E-state index is 8.40. The lowest BCUT2D eigenvalue weighted by atomic mass is 10.0. The van der Waals surface area contributed by atoms with Gasteiger partial charge in [0.25, 0.3) is 0 Å². The molecule has 1 aromatic carbocycles. The molecule has 0 bridgehead atoms. The van der Waals surface area contributed by atoms with Crippen LogP contribution in [0.5, 0.6) is 0 Å². The lowest BCUT2D eigenvalue weighted by molar-refractivity contribution is 0.350. The van der Waals surface area contributed by atoms with Crippen LogP contribution in [0.4, 0.5) is 0 Å². The molecule has 8 heteroatoms. The third-order valence-corrected chi connectivity index (χ3v) is 6.34. The van der Waals surface area contributed by atoms with Crippen LogP contribution < -0.4 is 0 Å². The summed E-state index contributed by atoms with van der Waals surface area (Å²) in [6.07, 6.45) is 5.27. The number of likely N-dealkylation sites (tertiary alicyclic amines) is 2. The van der Waals surface area contributed by atoms with Gasteiger partial charge in [0, 0.05) is 49.8 Å². The van der Waals surface area contributed by atoms with Gasteiger partial charge in [-0.1, -0.05) is 11.6 Å². The van der Waals surface area contributed by atoms with Crippen LogP contribution in [0.3, 0.4) is 0 Å². The summed E-state index contributed by atoms with van der Waals surface area (Å²) in [7, 11) is 2.16. The number of amidine groups is 1. The highest BCUT2D eigenvalue weighted by Crippen LogP contribution is 2.32. The minimum atomic E-state index is 0.311. The zero-order valence-corrected chi connectivity index (χ0v) is 16.1. The van der Waals surface area contributed by atoms with Crippen molar-refractivity contribution in [2.75, 3.05) is 33.2 Å². The van der Waals surface area contributed by atoms with Gasteiger partial charge in [-0.05, 0) is 48.8 Å². The molecule has 2 aliphatic heterocycles. The van der Waals surface area contributed by atoms with Crippen molar-refractivity contribution in [2.45, 2.75) is 0 Å². The van der Waals surface area contributed by atoms with Crippen molar-refractivity contribution >= 4 is 33.6 Å². The van der Waals surface area contributed by atoms with Crippen molar-refractivity contribution in [3.8, 4) is 5.69 Å². The predicted molar refractivity (Wildman–Crippen MR) is 107 cm³/mol. The minimum Gasteiger partial charge on any atom is -0.351 e. The first-order valence-corrected chi connectivity index (χ1v) is 9.77. The molecule has 1 aromatic heterocycles. The predicted octanol–water partition coefficient (Wildman–Crippen LogP) is 3.01. The van der Waals surface area contributed by atoms with Crippen molar-refractivity contribution in [2.24, 2.45) is 11.8 Å². The van der Waals surface area contributed by atoms with E-state index < -0.39 is 0 Å². The number of rotatable bonds is 2. The molecule has 26 heavy (non-hydrogen) atoms. The molecule has 0 saturated carbocycles. The summed E-state index contributed by atoms with van der Waals surface area (Å²) >= 11 is 7.58. The molecular weight excluding hydrogens is 368 g/mol. The van der Waals surface area contributed by atoms with Crippen LogP contribution in [-0.4, -0.2) is 62.8 Å². The van der Waals surface area contributed by atoms with E-state index in [2.05, 4.69) is 21.8 Å². The van der Waals surface area contributed by atoms with Gasteiger partial charge < -0.3 is 14.4 Å². The van der Waals surface area contributed by atoms with Gasteiger partial charge in [0.1, 0.15) is 5.04 Å². The number of fused-ring (bicyclic) bond motifs is 1. The number of benzene rings is 1. The van der Waals surface area contributed by atoms with E-state index in [1.807, 2.05) is 29.0 Å². The Morgan fingerprint density at radius 2 is 1.92 bits per heavy atom. The molecule has 6 nitrogen and oxygen atoms in total. The van der Waals surface area contributed by atoms with E-state index in [1.165, 1.54) is 11.8 Å². The molecule has 0 amide bonds. The van der Waals surface area contributed by atoms with Crippen LogP contribution in [0.1, 0.15) is 5.56 Å². The van der Waals surface area contributed by atoms with E-state index in [9.17, 15) is 0 Å². The largest absolute Gasteiger partial charge is 0.351 e. The van der Waals surface area contributed by atoms with Gasteiger partial charge in [0.15, 0.2) is 5.17 Å². The van der Waals surface area contributed by atoms with E-state index in [4.69, 9.17) is 22.4 Å². The SMILES string of the molecule is CN1CC2CN(C(=N)SC(=N)c3ccc(-n4ccnc4)cc3Cl)CC2C1. The van der Waals surface area contributed by atoms with Crippen LogP contribution >= 0.6 is 23.4 Å². The van der Waals surface area contributed by atoms with Crippen LogP contribution in [0.2, 0.25) is 5.02 Å². The number of nitrogens with zero attached hydrogens (tertiary/aromatic N) is 4. The highest BCUT2D eigenvalue weighted by atomic mass is 35.5. The number of aromatic nitrogens is 2. The second-order valence-corrected chi connectivity index (χ2v) is 8.42. The van der Waals surface area contributed by atoms with Gasteiger partial charge in [0.2, 0.25) is 0 Å². The molecular formula is C18H21ClN6S. The Labute approximate surface area is 162 Å². The zero-order valence-electron chi connectivity index (χ0n) is 14.5. The van der Waals surface area contributed by atoms with E-state index >= 15 is 0 Å². The average molecular weight is 389 g/mol. The first-order valence-electron chi connectivity index (χ1n) is 8.58. The minimum absolute atomic E-state index is 0.311.